The van der Waals surface area contributed by atoms with Crippen molar-refractivity contribution in [3.05, 3.63) is 16.0 Å². The second-order valence-corrected chi connectivity index (χ2v) is 5.00. The molecule has 74 valence electrons. The molecule has 7 heteroatoms. The van der Waals surface area contributed by atoms with E-state index in [1.54, 1.807) is 6.92 Å². The molecule has 0 saturated heterocycles. The van der Waals surface area contributed by atoms with Gasteiger partial charge in [-0.25, -0.2) is 9.97 Å². The molecule has 0 atom stereocenters. The Labute approximate surface area is 100 Å². The minimum atomic E-state index is 0.282. The van der Waals surface area contributed by atoms with Crippen LogP contribution in [0.15, 0.2) is 5.03 Å². The van der Waals surface area contributed by atoms with Crippen molar-refractivity contribution < 1.29 is 0 Å². The van der Waals surface area contributed by atoms with Crippen LogP contribution in [0.1, 0.15) is 5.69 Å². The van der Waals surface area contributed by atoms with Crippen LogP contribution in [0.3, 0.4) is 0 Å². The molecule has 0 aromatic carbocycles. The number of nitrogens with zero attached hydrogens (tertiary/aromatic N) is 3. The summed E-state index contributed by atoms with van der Waals surface area (Å²) in [6.07, 6.45) is 0. The van der Waals surface area contributed by atoms with E-state index in [2.05, 4.69) is 9.97 Å². The highest BCUT2D eigenvalue weighted by molar-refractivity contribution is 8.18. The van der Waals surface area contributed by atoms with Crippen molar-refractivity contribution in [1.82, 2.24) is 9.97 Å². The molecule has 0 aliphatic heterocycles. The number of thioether (sulfide) groups is 2. The topological polar surface area (TPSA) is 49.6 Å². The van der Waals surface area contributed by atoms with E-state index in [0.717, 1.165) is 11.8 Å². The molecular weight excluding hydrogens is 261 g/mol. The first-order valence-corrected chi connectivity index (χ1v) is 6.21. The highest BCUT2D eigenvalue weighted by Gasteiger charge is 2.08. The zero-order chi connectivity index (χ0) is 10.6. The van der Waals surface area contributed by atoms with E-state index in [0.29, 0.717) is 21.0 Å². The Morgan fingerprint density at radius 1 is 1.36 bits per heavy atom. The van der Waals surface area contributed by atoms with Gasteiger partial charge in [0.05, 0.1) is 10.8 Å². The van der Waals surface area contributed by atoms with Gasteiger partial charge in [-0.15, -0.1) is 0 Å². The summed E-state index contributed by atoms with van der Waals surface area (Å²) >= 11 is 14.0. The van der Waals surface area contributed by atoms with Crippen molar-refractivity contribution in [2.75, 3.05) is 5.08 Å². The molecule has 0 aliphatic rings. The molecule has 1 aromatic rings. The van der Waals surface area contributed by atoms with Crippen molar-refractivity contribution in [1.29, 1.82) is 5.26 Å². The van der Waals surface area contributed by atoms with Gasteiger partial charge >= 0.3 is 0 Å². The van der Waals surface area contributed by atoms with Crippen molar-refractivity contribution in [3.63, 3.8) is 0 Å². The minimum Gasteiger partial charge on any atom is -0.240 e. The predicted molar refractivity (Wildman–Crippen MR) is 60.7 cm³/mol. The lowest BCUT2D eigenvalue weighted by Crippen LogP contribution is -1.92. The highest BCUT2D eigenvalue weighted by Crippen LogP contribution is 2.28. The van der Waals surface area contributed by atoms with Crippen LogP contribution in [-0.2, 0) is 0 Å². The predicted octanol–water partition coefficient (Wildman–Crippen LogP) is 3.36. The molecule has 0 bridgehead atoms. The molecule has 0 amide bonds. The Morgan fingerprint density at radius 3 is 2.71 bits per heavy atom. The highest BCUT2D eigenvalue weighted by atomic mass is 35.5. The molecule has 0 fully saturated rings. The first kappa shape index (κ1) is 11.9. The number of aryl methyl sites for hydroxylation is 1. The van der Waals surface area contributed by atoms with Crippen LogP contribution in [-0.4, -0.2) is 15.1 Å². The van der Waals surface area contributed by atoms with Crippen molar-refractivity contribution in [2.24, 2.45) is 0 Å². The van der Waals surface area contributed by atoms with Gasteiger partial charge in [0.2, 0.25) is 0 Å². The Balaban J connectivity index is 2.78. The summed E-state index contributed by atoms with van der Waals surface area (Å²) < 4.78 is 0. The summed E-state index contributed by atoms with van der Waals surface area (Å²) in [5.74, 6) is 0. The van der Waals surface area contributed by atoms with Crippen molar-refractivity contribution >= 4 is 46.7 Å². The second kappa shape index (κ2) is 5.66. The quantitative estimate of drug-likeness (QED) is 0.363. The van der Waals surface area contributed by atoms with E-state index >= 15 is 0 Å². The molecule has 3 nitrogen and oxygen atoms in total. The van der Waals surface area contributed by atoms with Gasteiger partial charge in [0.15, 0.2) is 10.3 Å². The van der Waals surface area contributed by atoms with Gasteiger partial charge in [-0.2, -0.15) is 5.26 Å². The van der Waals surface area contributed by atoms with Gasteiger partial charge in [-0.3, -0.25) is 0 Å². The van der Waals surface area contributed by atoms with Crippen LogP contribution in [0.2, 0.25) is 10.3 Å². The number of thiocyanates is 1. The van der Waals surface area contributed by atoms with Gasteiger partial charge in [-0.1, -0.05) is 35.0 Å². The molecule has 0 aliphatic carbocycles. The molecule has 14 heavy (non-hydrogen) atoms. The van der Waals surface area contributed by atoms with Gasteiger partial charge in [0, 0.05) is 0 Å². The fraction of sp³-hybridized carbons (Fsp3) is 0.286. The molecular formula is C7H5Cl2N3S2. The third-order valence-corrected chi connectivity index (χ3v) is 3.62. The summed E-state index contributed by atoms with van der Waals surface area (Å²) in [5, 5.41) is 12.1. The normalized spacial score (nSPS) is 9.86. The van der Waals surface area contributed by atoms with E-state index in [1.807, 2.05) is 5.40 Å². The van der Waals surface area contributed by atoms with E-state index < -0.39 is 0 Å². The van der Waals surface area contributed by atoms with Crippen LogP contribution >= 0.6 is 46.7 Å². The Bertz CT molecular complexity index is 378. The lowest BCUT2D eigenvalue weighted by Gasteiger charge is -2.02. The van der Waals surface area contributed by atoms with Gasteiger partial charge in [0.25, 0.3) is 0 Å². The second-order valence-electron chi connectivity index (χ2n) is 2.19. The summed E-state index contributed by atoms with van der Waals surface area (Å²) in [6.45, 7) is 1.76. The molecule has 0 spiro atoms. The number of nitriles is 1. The Hall–Kier alpha value is -0.150. The molecule has 0 unspecified atom stereocenters. The monoisotopic (exact) mass is 265 g/mol. The summed E-state index contributed by atoms with van der Waals surface area (Å²) in [7, 11) is 0. The van der Waals surface area contributed by atoms with Crippen LogP contribution < -0.4 is 0 Å². The number of rotatable bonds is 3. The van der Waals surface area contributed by atoms with E-state index in [9.17, 15) is 0 Å². The number of aromatic nitrogens is 2. The maximum atomic E-state index is 8.32. The molecule has 1 aromatic heterocycles. The fourth-order valence-electron chi connectivity index (χ4n) is 0.663. The number of halogens is 2. The van der Waals surface area contributed by atoms with Gasteiger partial charge < -0.3 is 0 Å². The Morgan fingerprint density at radius 2 is 2.07 bits per heavy atom. The maximum absolute atomic E-state index is 8.32. The number of hydrogen-bond acceptors (Lipinski definition) is 5. The largest absolute Gasteiger partial charge is 0.240 e. The van der Waals surface area contributed by atoms with Gasteiger partial charge in [-0.05, 0) is 18.7 Å². The van der Waals surface area contributed by atoms with Crippen LogP contribution in [0, 0.1) is 17.6 Å². The summed E-state index contributed by atoms with van der Waals surface area (Å²) in [6, 6.07) is 0. The molecule has 1 rings (SSSR count). The smallest absolute Gasteiger partial charge is 0.163 e. The zero-order valence-electron chi connectivity index (χ0n) is 7.12. The van der Waals surface area contributed by atoms with Crippen LogP contribution in [0.25, 0.3) is 0 Å². The van der Waals surface area contributed by atoms with Crippen LogP contribution in [0.5, 0.6) is 0 Å². The minimum absolute atomic E-state index is 0.282. The third-order valence-electron chi connectivity index (χ3n) is 1.26. The third kappa shape index (κ3) is 3.21. The van der Waals surface area contributed by atoms with E-state index in [4.69, 9.17) is 28.5 Å². The lowest BCUT2D eigenvalue weighted by molar-refractivity contribution is 1.00. The first-order valence-electron chi connectivity index (χ1n) is 3.48. The van der Waals surface area contributed by atoms with Crippen molar-refractivity contribution in [2.45, 2.75) is 11.9 Å². The maximum Gasteiger partial charge on any atom is 0.163 e. The average Bonchev–Trinajstić information content (AvgIpc) is 2.14. The molecule has 0 radical (unpaired) electrons. The standard InChI is InChI=1S/C7H5Cl2N3S2/c1-4-5(8)12-6(9)7(11-4)14-3-13-2-10/h3H2,1H3. The first-order chi connectivity index (χ1) is 6.65. The Kier molecular flexibility index (Phi) is 4.82. The molecule has 0 saturated carbocycles. The summed E-state index contributed by atoms with van der Waals surface area (Å²) in [5.41, 5.74) is 0.639. The fourth-order valence-corrected chi connectivity index (χ4v) is 2.38. The van der Waals surface area contributed by atoms with Crippen LogP contribution in [0.4, 0.5) is 0 Å². The van der Waals surface area contributed by atoms with Gasteiger partial charge in [0.1, 0.15) is 10.4 Å². The van der Waals surface area contributed by atoms with E-state index in [-0.39, 0.29) is 5.15 Å². The SMILES string of the molecule is Cc1nc(SCSC#N)c(Cl)nc1Cl. The lowest BCUT2D eigenvalue weighted by atomic mass is 10.5. The number of hydrogen-bond donors (Lipinski definition) is 0. The van der Waals surface area contributed by atoms with E-state index in [1.165, 1.54) is 11.8 Å². The molecule has 1 heterocycles. The zero-order valence-corrected chi connectivity index (χ0v) is 10.3. The molecule has 0 N–H and O–H groups in total. The summed E-state index contributed by atoms with van der Waals surface area (Å²) in [4.78, 5) is 8.07. The average molecular weight is 266 g/mol. The van der Waals surface area contributed by atoms with Crippen molar-refractivity contribution in [3.8, 4) is 5.40 Å².